The van der Waals surface area contributed by atoms with Crippen LogP contribution in [0.4, 0.5) is 4.39 Å². The van der Waals surface area contributed by atoms with E-state index in [9.17, 15) is 4.39 Å². The molecule has 0 aliphatic heterocycles. The van der Waals surface area contributed by atoms with Crippen molar-refractivity contribution in [1.82, 2.24) is 10.3 Å². The molecule has 2 nitrogen and oxygen atoms in total. The number of fused-ring (bicyclic) bond motifs is 2. The molecule has 2 aromatic rings. The second-order valence-corrected chi connectivity index (χ2v) is 5.89. The Labute approximate surface area is 125 Å². The van der Waals surface area contributed by atoms with Crippen LogP contribution in [0.25, 0.3) is 10.9 Å². The van der Waals surface area contributed by atoms with Crippen LogP contribution in [0.1, 0.15) is 49.4 Å². The third kappa shape index (κ3) is 2.93. The molecule has 3 heteroatoms. The van der Waals surface area contributed by atoms with Gasteiger partial charge in [0, 0.05) is 17.6 Å². The van der Waals surface area contributed by atoms with Crippen LogP contribution in [0, 0.1) is 5.82 Å². The van der Waals surface area contributed by atoms with Crippen molar-refractivity contribution in [2.75, 3.05) is 6.54 Å². The van der Waals surface area contributed by atoms with Crippen LogP contribution < -0.4 is 5.32 Å². The molecule has 1 aliphatic rings. The minimum Gasteiger partial charge on any atom is -0.313 e. The molecule has 0 amide bonds. The van der Waals surface area contributed by atoms with Gasteiger partial charge in [0.15, 0.2) is 0 Å². The summed E-state index contributed by atoms with van der Waals surface area (Å²) in [6.45, 7) is 4.04. The van der Waals surface area contributed by atoms with Gasteiger partial charge in [0.1, 0.15) is 11.3 Å². The van der Waals surface area contributed by atoms with Gasteiger partial charge in [-0.25, -0.2) is 9.37 Å². The molecule has 0 unspecified atom stereocenters. The zero-order valence-corrected chi connectivity index (χ0v) is 12.7. The molecule has 1 N–H and O–H groups in total. The minimum absolute atomic E-state index is 0.198. The Morgan fingerprint density at radius 2 is 2.10 bits per heavy atom. The normalized spacial score (nSPS) is 14.4. The first kappa shape index (κ1) is 14.5. The second kappa shape index (κ2) is 6.52. The summed E-state index contributed by atoms with van der Waals surface area (Å²) in [7, 11) is 0. The lowest BCUT2D eigenvalue weighted by molar-refractivity contribution is 0.617. The van der Waals surface area contributed by atoms with Crippen molar-refractivity contribution in [2.24, 2.45) is 0 Å². The highest BCUT2D eigenvalue weighted by Crippen LogP contribution is 2.30. The fourth-order valence-electron chi connectivity index (χ4n) is 3.22. The number of aryl methyl sites for hydroxylation is 1. The highest BCUT2D eigenvalue weighted by atomic mass is 19.1. The van der Waals surface area contributed by atoms with E-state index in [4.69, 9.17) is 0 Å². The largest absolute Gasteiger partial charge is 0.313 e. The van der Waals surface area contributed by atoms with Crippen LogP contribution in [-0.4, -0.2) is 11.5 Å². The molecule has 0 bridgehead atoms. The van der Waals surface area contributed by atoms with Gasteiger partial charge in [0.2, 0.25) is 0 Å². The van der Waals surface area contributed by atoms with E-state index < -0.39 is 0 Å². The smallest absolute Gasteiger partial charge is 0.149 e. The number of pyridine rings is 1. The zero-order chi connectivity index (χ0) is 14.7. The molecule has 0 saturated carbocycles. The maximum atomic E-state index is 14.1. The topological polar surface area (TPSA) is 24.9 Å². The Morgan fingerprint density at radius 1 is 1.24 bits per heavy atom. The minimum atomic E-state index is -0.198. The number of hydrogen-bond acceptors (Lipinski definition) is 2. The molecule has 0 spiro atoms. The Bertz CT molecular complexity index is 637. The van der Waals surface area contributed by atoms with Crippen molar-refractivity contribution in [3.05, 3.63) is 40.8 Å². The average Bonchev–Trinajstić information content (AvgIpc) is 2.51. The standard InChI is InChI=1S/C18H23FN2/c1-2-3-11-20-12-15-13-7-4-5-10-17(13)21-18-14(15)8-6-9-16(18)19/h6,8-9,20H,2-5,7,10-12H2,1H3. The van der Waals surface area contributed by atoms with Gasteiger partial charge in [-0.15, -0.1) is 0 Å². The molecule has 1 heterocycles. The lowest BCUT2D eigenvalue weighted by atomic mass is 9.89. The van der Waals surface area contributed by atoms with Crippen LogP contribution in [0.3, 0.4) is 0 Å². The van der Waals surface area contributed by atoms with Crippen molar-refractivity contribution in [2.45, 2.75) is 52.0 Å². The molecule has 21 heavy (non-hydrogen) atoms. The SMILES string of the molecule is CCCCNCc1c2c(nc3c(F)cccc13)CCCC2. The van der Waals surface area contributed by atoms with Crippen LogP contribution in [-0.2, 0) is 19.4 Å². The summed E-state index contributed by atoms with van der Waals surface area (Å²) in [6, 6.07) is 5.32. The van der Waals surface area contributed by atoms with Crippen LogP contribution in [0.5, 0.6) is 0 Å². The molecule has 0 saturated heterocycles. The number of nitrogens with zero attached hydrogens (tertiary/aromatic N) is 1. The van der Waals surface area contributed by atoms with Gasteiger partial charge in [0.05, 0.1) is 0 Å². The maximum Gasteiger partial charge on any atom is 0.149 e. The highest BCUT2D eigenvalue weighted by molar-refractivity contribution is 5.84. The number of para-hydroxylation sites is 1. The fraction of sp³-hybridized carbons (Fsp3) is 0.500. The summed E-state index contributed by atoms with van der Waals surface area (Å²) in [5, 5.41) is 4.50. The number of aromatic nitrogens is 1. The van der Waals surface area contributed by atoms with Gasteiger partial charge >= 0.3 is 0 Å². The maximum absolute atomic E-state index is 14.1. The number of halogens is 1. The van der Waals surface area contributed by atoms with E-state index in [1.165, 1.54) is 42.9 Å². The van der Waals surface area contributed by atoms with Crippen LogP contribution in [0.2, 0.25) is 0 Å². The molecule has 112 valence electrons. The molecule has 0 radical (unpaired) electrons. The third-order valence-corrected chi connectivity index (χ3v) is 4.37. The number of benzene rings is 1. The van der Waals surface area contributed by atoms with Crippen LogP contribution in [0.15, 0.2) is 18.2 Å². The van der Waals surface area contributed by atoms with Crippen molar-refractivity contribution in [3.63, 3.8) is 0 Å². The second-order valence-electron chi connectivity index (χ2n) is 5.89. The molecule has 0 fully saturated rings. The van der Waals surface area contributed by atoms with Gasteiger partial charge in [0.25, 0.3) is 0 Å². The summed E-state index contributed by atoms with van der Waals surface area (Å²) in [5.74, 6) is -0.198. The summed E-state index contributed by atoms with van der Waals surface area (Å²) in [5.41, 5.74) is 4.30. The number of nitrogens with one attached hydrogen (secondary N) is 1. The Morgan fingerprint density at radius 3 is 2.95 bits per heavy atom. The fourth-order valence-corrected chi connectivity index (χ4v) is 3.22. The van der Waals surface area contributed by atoms with E-state index in [0.29, 0.717) is 5.52 Å². The monoisotopic (exact) mass is 286 g/mol. The van der Waals surface area contributed by atoms with Crippen molar-refractivity contribution >= 4 is 10.9 Å². The summed E-state index contributed by atoms with van der Waals surface area (Å²) < 4.78 is 14.1. The van der Waals surface area contributed by atoms with Crippen molar-refractivity contribution in [3.8, 4) is 0 Å². The number of unbranched alkanes of at least 4 members (excludes halogenated alkanes) is 1. The molecule has 3 rings (SSSR count). The molecule has 1 aliphatic carbocycles. The summed E-state index contributed by atoms with van der Waals surface area (Å²) in [6.07, 6.45) is 6.83. The van der Waals surface area contributed by atoms with Crippen molar-refractivity contribution < 1.29 is 4.39 Å². The quantitative estimate of drug-likeness (QED) is 0.835. The third-order valence-electron chi connectivity index (χ3n) is 4.37. The average molecular weight is 286 g/mol. The Balaban J connectivity index is 2.03. The number of hydrogen-bond donors (Lipinski definition) is 1. The van der Waals surface area contributed by atoms with E-state index in [-0.39, 0.29) is 5.82 Å². The van der Waals surface area contributed by atoms with Gasteiger partial charge in [-0.05, 0) is 55.8 Å². The number of rotatable bonds is 5. The Hall–Kier alpha value is -1.48. The Kier molecular flexibility index (Phi) is 4.49. The molecular formula is C18H23FN2. The van der Waals surface area contributed by atoms with Gasteiger partial charge < -0.3 is 5.32 Å². The van der Waals surface area contributed by atoms with Gasteiger partial charge in [-0.1, -0.05) is 25.5 Å². The highest BCUT2D eigenvalue weighted by Gasteiger charge is 2.19. The van der Waals surface area contributed by atoms with E-state index in [2.05, 4.69) is 17.2 Å². The van der Waals surface area contributed by atoms with Gasteiger partial charge in [-0.3, -0.25) is 0 Å². The van der Waals surface area contributed by atoms with E-state index in [1.807, 2.05) is 6.07 Å². The predicted molar refractivity (Wildman–Crippen MR) is 85.0 cm³/mol. The summed E-state index contributed by atoms with van der Waals surface area (Å²) in [4.78, 5) is 4.62. The lowest BCUT2D eigenvalue weighted by Crippen LogP contribution is -2.19. The molecular weight excluding hydrogens is 263 g/mol. The van der Waals surface area contributed by atoms with Gasteiger partial charge in [-0.2, -0.15) is 0 Å². The first-order chi connectivity index (χ1) is 10.3. The molecule has 1 aromatic heterocycles. The van der Waals surface area contributed by atoms with Crippen molar-refractivity contribution in [1.29, 1.82) is 0 Å². The van der Waals surface area contributed by atoms with E-state index in [1.54, 1.807) is 6.07 Å². The molecule has 1 aromatic carbocycles. The summed E-state index contributed by atoms with van der Waals surface area (Å²) >= 11 is 0. The zero-order valence-electron chi connectivity index (χ0n) is 12.7. The van der Waals surface area contributed by atoms with E-state index in [0.717, 1.165) is 37.0 Å². The predicted octanol–water partition coefficient (Wildman–Crippen LogP) is 4.14. The first-order valence-electron chi connectivity index (χ1n) is 8.11. The van der Waals surface area contributed by atoms with E-state index >= 15 is 0 Å². The molecule has 0 atom stereocenters. The first-order valence-corrected chi connectivity index (χ1v) is 8.11. The lowest BCUT2D eigenvalue weighted by Gasteiger charge is -2.21. The van der Waals surface area contributed by atoms with Crippen LogP contribution >= 0.6 is 0 Å².